The van der Waals surface area contributed by atoms with E-state index in [1.807, 2.05) is 18.2 Å². The van der Waals surface area contributed by atoms with E-state index in [-0.39, 0.29) is 11.7 Å². The molecular formula is C15H15BrClNO. The van der Waals surface area contributed by atoms with Gasteiger partial charge in [0.05, 0.1) is 5.02 Å². The van der Waals surface area contributed by atoms with Crippen molar-refractivity contribution in [1.82, 2.24) is 0 Å². The first-order chi connectivity index (χ1) is 9.10. The van der Waals surface area contributed by atoms with Crippen LogP contribution >= 0.6 is 27.5 Å². The average molecular weight is 341 g/mol. The van der Waals surface area contributed by atoms with E-state index >= 15 is 0 Å². The Labute approximate surface area is 126 Å². The lowest BCUT2D eigenvalue weighted by Crippen LogP contribution is -2.15. The third-order valence-electron chi connectivity index (χ3n) is 3.12. The fraction of sp³-hybridized carbons (Fsp3) is 0.200. The first-order valence-electron chi connectivity index (χ1n) is 6.03. The molecule has 0 amide bonds. The summed E-state index contributed by atoms with van der Waals surface area (Å²) in [7, 11) is 0. The van der Waals surface area contributed by atoms with E-state index < -0.39 is 0 Å². The topological polar surface area (TPSA) is 46.2 Å². The molecule has 100 valence electrons. The molecule has 0 aliphatic carbocycles. The highest BCUT2D eigenvalue weighted by atomic mass is 79.9. The summed E-state index contributed by atoms with van der Waals surface area (Å²) in [6, 6.07) is 13.5. The zero-order chi connectivity index (χ0) is 13.8. The zero-order valence-corrected chi connectivity index (χ0v) is 12.7. The van der Waals surface area contributed by atoms with Gasteiger partial charge in [-0.3, -0.25) is 0 Å². The van der Waals surface area contributed by atoms with Gasteiger partial charge in [0.1, 0.15) is 5.75 Å². The monoisotopic (exact) mass is 339 g/mol. The van der Waals surface area contributed by atoms with E-state index in [1.165, 1.54) is 5.56 Å². The summed E-state index contributed by atoms with van der Waals surface area (Å²) >= 11 is 9.34. The van der Waals surface area contributed by atoms with Gasteiger partial charge in [0.25, 0.3) is 0 Å². The van der Waals surface area contributed by atoms with Gasteiger partial charge >= 0.3 is 0 Å². The largest absolute Gasteiger partial charge is 0.506 e. The van der Waals surface area contributed by atoms with Gasteiger partial charge < -0.3 is 10.8 Å². The van der Waals surface area contributed by atoms with Crippen LogP contribution in [-0.4, -0.2) is 11.7 Å². The van der Waals surface area contributed by atoms with Gasteiger partial charge in [-0.1, -0.05) is 45.7 Å². The molecule has 0 spiro atoms. The van der Waals surface area contributed by atoms with Crippen LogP contribution in [0.4, 0.5) is 0 Å². The minimum Gasteiger partial charge on any atom is -0.506 e. The summed E-state index contributed by atoms with van der Waals surface area (Å²) in [5.74, 6) is 0.354. The highest BCUT2D eigenvalue weighted by molar-refractivity contribution is 9.10. The van der Waals surface area contributed by atoms with Crippen molar-refractivity contribution in [2.24, 2.45) is 5.73 Å². The summed E-state index contributed by atoms with van der Waals surface area (Å²) in [6.07, 6.45) is 0.804. The normalized spacial score (nSPS) is 12.4. The molecule has 2 rings (SSSR count). The Balaban J connectivity index is 2.18. The van der Waals surface area contributed by atoms with Gasteiger partial charge in [-0.2, -0.15) is 0 Å². The van der Waals surface area contributed by atoms with Crippen molar-refractivity contribution in [1.29, 1.82) is 0 Å². The van der Waals surface area contributed by atoms with Crippen molar-refractivity contribution in [3.63, 3.8) is 0 Å². The second-order valence-electron chi connectivity index (χ2n) is 4.47. The SMILES string of the molecule is NCC(Cc1ccc(O)c(Cl)c1)c1ccc(Br)cc1. The number of hydrogen-bond acceptors (Lipinski definition) is 2. The van der Waals surface area contributed by atoms with Crippen LogP contribution in [0.3, 0.4) is 0 Å². The van der Waals surface area contributed by atoms with E-state index in [2.05, 4.69) is 28.1 Å². The lowest BCUT2D eigenvalue weighted by molar-refractivity contribution is 0.475. The van der Waals surface area contributed by atoms with Gasteiger partial charge in [0, 0.05) is 10.4 Å². The first kappa shape index (κ1) is 14.4. The maximum absolute atomic E-state index is 9.42. The Hall–Kier alpha value is -1.03. The molecule has 2 nitrogen and oxygen atoms in total. The Kier molecular flexibility index (Phi) is 4.86. The molecule has 3 N–H and O–H groups in total. The van der Waals surface area contributed by atoms with Crippen molar-refractivity contribution in [2.75, 3.05) is 6.54 Å². The number of rotatable bonds is 4. The molecule has 0 aromatic heterocycles. The van der Waals surface area contributed by atoms with Crippen molar-refractivity contribution >= 4 is 27.5 Å². The van der Waals surface area contributed by atoms with Gasteiger partial charge in [0.15, 0.2) is 0 Å². The second-order valence-corrected chi connectivity index (χ2v) is 5.80. The molecule has 0 heterocycles. The Bertz CT molecular complexity index is 557. The molecule has 2 aromatic carbocycles. The van der Waals surface area contributed by atoms with Crippen LogP contribution < -0.4 is 5.73 Å². The van der Waals surface area contributed by atoms with Crippen LogP contribution in [-0.2, 0) is 6.42 Å². The highest BCUT2D eigenvalue weighted by Gasteiger charge is 2.11. The average Bonchev–Trinajstić information content (AvgIpc) is 2.41. The lowest BCUT2D eigenvalue weighted by Gasteiger charge is -2.16. The zero-order valence-electron chi connectivity index (χ0n) is 10.3. The smallest absolute Gasteiger partial charge is 0.134 e. The molecule has 0 aliphatic rings. The molecule has 0 bridgehead atoms. The summed E-state index contributed by atoms with van der Waals surface area (Å²) in [5, 5.41) is 9.80. The van der Waals surface area contributed by atoms with Gasteiger partial charge in [0.2, 0.25) is 0 Å². The standard InChI is InChI=1S/C15H15BrClNO/c16-13-4-2-11(3-5-13)12(9-18)7-10-1-6-15(19)14(17)8-10/h1-6,8,12,19H,7,9,18H2. The van der Waals surface area contributed by atoms with Crippen LogP contribution in [0.1, 0.15) is 17.0 Å². The fourth-order valence-electron chi connectivity index (χ4n) is 2.03. The lowest BCUT2D eigenvalue weighted by atomic mass is 9.92. The molecular weight excluding hydrogens is 326 g/mol. The van der Waals surface area contributed by atoms with Crippen molar-refractivity contribution in [3.05, 3.63) is 63.1 Å². The number of hydrogen-bond donors (Lipinski definition) is 2. The van der Waals surface area contributed by atoms with Crippen molar-refractivity contribution in [3.8, 4) is 5.75 Å². The molecule has 0 saturated carbocycles. The molecule has 19 heavy (non-hydrogen) atoms. The number of phenols is 1. The van der Waals surface area contributed by atoms with Crippen LogP contribution in [0.25, 0.3) is 0 Å². The van der Waals surface area contributed by atoms with E-state index in [0.717, 1.165) is 16.5 Å². The second kappa shape index (κ2) is 6.42. The van der Waals surface area contributed by atoms with E-state index in [4.69, 9.17) is 17.3 Å². The number of aromatic hydroxyl groups is 1. The molecule has 1 atom stereocenters. The number of benzene rings is 2. The van der Waals surface area contributed by atoms with Crippen LogP contribution in [0.5, 0.6) is 5.75 Å². The van der Waals surface area contributed by atoms with Gasteiger partial charge in [-0.15, -0.1) is 0 Å². The molecule has 0 saturated heterocycles. The van der Waals surface area contributed by atoms with Crippen LogP contribution in [0, 0.1) is 0 Å². The number of phenolic OH excluding ortho intramolecular Hbond substituents is 1. The Morgan fingerprint density at radius 2 is 1.84 bits per heavy atom. The van der Waals surface area contributed by atoms with E-state index in [0.29, 0.717) is 11.6 Å². The molecule has 2 aromatic rings. The number of nitrogens with two attached hydrogens (primary N) is 1. The minimum absolute atomic E-state index is 0.110. The summed E-state index contributed by atoms with van der Waals surface area (Å²) < 4.78 is 1.06. The molecule has 0 radical (unpaired) electrons. The third-order valence-corrected chi connectivity index (χ3v) is 3.95. The minimum atomic E-state index is 0.110. The summed E-state index contributed by atoms with van der Waals surface area (Å²) in [6.45, 7) is 0.570. The number of halogens is 2. The molecule has 0 aliphatic heterocycles. The van der Waals surface area contributed by atoms with Crippen LogP contribution in [0.15, 0.2) is 46.9 Å². The fourth-order valence-corrected chi connectivity index (χ4v) is 2.50. The maximum Gasteiger partial charge on any atom is 0.134 e. The Morgan fingerprint density at radius 3 is 2.42 bits per heavy atom. The predicted molar refractivity (Wildman–Crippen MR) is 82.8 cm³/mol. The third kappa shape index (κ3) is 3.72. The van der Waals surface area contributed by atoms with E-state index in [1.54, 1.807) is 12.1 Å². The van der Waals surface area contributed by atoms with Crippen molar-refractivity contribution in [2.45, 2.75) is 12.3 Å². The molecule has 1 unspecified atom stereocenters. The molecule has 0 fully saturated rings. The Morgan fingerprint density at radius 1 is 1.16 bits per heavy atom. The predicted octanol–water partition coefficient (Wildman–Crippen LogP) is 4.09. The maximum atomic E-state index is 9.42. The van der Waals surface area contributed by atoms with Gasteiger partial charge in [-0.05, 0) is 48.4 Å². The first-order valence-corrected chi connectivity index (χ1v) is 7.20. The summed E-state index contributed by atoms with van der Waals surface area (Å²) in [4.78, 5) is 0. The van der Waals surface area contributed by atoms with Crippen molar-refractivity contribution < 1.29 is 5.11 Å². The quantitative estimate of drug-likeness (QED) is 0.880. The van der Waals surface area contributed by atoms with Gasteiger partial charge in [-0.25, -0.2) is 0 Å². The van der Waals surface area contributed by atoms with E-state index in [9.17, 15) is 5.11 Å². The highest BCUT2D eigenvalue weighted by Crippen LogP contribution is 2.27. The van der Waals surface area contributed by atoms with Crippen LogP contribution in [0.2, 0.25) is 5.02 Å². The summed E-state index contributed by atoms with van der Waals surface area (Å²) in [5.41, 5.74) is 8.14. The molecule has 4 heteroatoms.